The summed E-state index contributed by atoms with van der Waals surface area (Å²) in [5.74, 6) is 4.87. The molecule has 4 heteroatoms. The first kappa shape index (κ1) is 41.3. The van der Waals surface area contributed by atoms with Crippen molar-refractivity contribution in [1.29, 1.82) is 0 Å². The van der Waals surface area contributed by atoms with E-state index in [0.717, 1.165) is 55.9 Å². The number of para-hydroxylation sites is 1. The fourth-order valence-corrected chi connectivity index (χ4v) is 15.7. The number of hydrogen-bond donors (Lipinski definition) is 0. The summed E-state index contributed by atoms with van der Waals surface area (Å²) >= 11 is 0. The lowest BCUT2D eigenvalue weighted by Crippen LogP contribution is -2.59. The van der Waals surface area contributed by atoms with Gasteiger partial charge in [-0.2, -0.15) is 0 Å². The van der Waals surface area contributed by atoms with Crippen LogP contribution in [0.5, 0.6) is 0 Å². The molecule has 11 aromatic rings. The molecule has 0 aliphatic heterocycles. The van der Waals surface area contributed by atoms with Gasteiger partial charge in [-0.3, -0.25) is 4.98 Å². The topological polar surface area (TPSA) is 51.6 Å². The molecule has 4 fully saturated rings. The lowest BCUT2D eigenvalue weighted by Gasteiger charge is -2.65. The van der Waals surface area contributed by atoms with Gasteiger partial charge in [0.15, 0.2) is 17.5 Å². The predicted octanol–water partition coefficient (Wildman–Crippen LogP) is 16.3. The Balaban J connectivity index is 0.882. The van der Waals surface area contributed by atoms with E-state index in [9.17, 15) is 0 Å². The second kappa shape index (κ2) is 15.6. The van der Waals surface area contributed by atoms with Gasteiger partial charge in [0.05, 0.1) is 10.9 Å². The summed E-state index contributed by atoms with van der Waals surface area (Å²) in [6.45, 7) is 0. The van der Waals surface area contributed by atoms with E-state index in [1.165, 1.54) is 82.0 Å². The van der Waals surface area contributed by atoms with Gasteiger partial charge in [-0.05, 0) is 146 Å². The smallest absolute Gasteiger partial charge is 0.164 e. The molecule has 0 saturated heterocycles. The molecule has 6 aliphatic carbocycles. The first-order valence-corrected chi connectivity index (χ1v) is 26.4. The van der Waals surface area contributed by atoms with Crippen LogP contribution in [-0.4, -0.2) is 19.9 Å². The van der Waals surface area contributed by atoms with Gasteiger partial charge in [-0.25, -0.2) is 15.0 Å². The summed E-state index contributed by atoms with van der Waals surface area (Å²) in [5, 5.41) is 3.44. The molecule has 346 valence electrons. The van der Waals surface area contributed by atoms with Gasteiger partial charge < -0.3 is 0 Å². The quantitative estimate of drug-likeness (QED) is 0.173. The van der Waals surface area contributed by atoms with Crippen molar-refractivity contribution in [3.05, 3.63) is 252 Å². The van der Waals surface area contributed by atoms with E-state index < -0.39 is 5.41 Å². The zero-order chi connectivity index (χ0) is 47.8. The summed E-state index contributed by atoms with van der Waals surface area (Å²) < 4.78 is 0. The number of pyridine rings is 1. The van der Waals surface area contributed by atoms with Crippen molar-refractivity contribution in [3.8, 4) is 67.5 Å². The standard InChI is InChI=1S/C69H50N4/c1-2-14-46(15-3-1)65-71-66(47-29-27-44(28-30-47)52-22-12-16-45-17-13-35-70-64(45)52)73-67(72-65)57-33-32-51(53-18-4-5-19-54(53)57)48-31-34-62-63(41-48)68(49-37-42-36-43(39-49)40-50(68)38-42)60-25-10-11-26-61(60)69(62)58-23-8-6-20-55(58)56-21-7-9-24-59(56)69/h1-35,41-43,49-50H,36-40H2. The molecule has 2 heterocycles. The zero-order valence-corrected chi connectivity index (χ0v) is 40.4. The van der Waals surface area contributed by atoms with Crippen LogP contribution in [0.25, 0.3) is 89.2 Å². The molecule has 0 radical (unpaired) electrons. The molecule has 4 bridgehead atoms. The van der Waals surface area contributed by atoms with Crippen molar-refractivity contribution >= 4 is 21.7 Å². The van der Waals surface area contributed by atoms with Crippen LogP contribution in [0.1, 0.15) is 65.5 Å². The number of fused-ring (bicyclic) bond motifs is 11. The first-order valence-electron chi connectivity index (χ1n) is 26.4. The molecule has 0 N–H and O–H groups in total. The molecule has 2 spiro atoms. The van der Waals surface area contributed by atoms with Gasteiger partial charge in [0.1, 0.15) is 0 Å². The van der Waals surface area contributed by atoms with Crippen LogP contribution >= 0.6 is 0 Å². The van der Waals surface area contributed by atoms with E-state index >= 15 is 0 Å². The molecule has 0 amide bonds. The third-order valence-corrected chi connectivity index (χ3v) is 18.3. The molecule has 9 aromatic carbocycles. The van der Waals surface area contributed by atoms with E-state index in [-0.39, 0.29) is 5.41 Å². The van der Waals surface area contributed by atoms with Gasteiger partial charge in [-0.15, -0.1) is 0 Å². The van der Waals surface area contributed by atoms with Gasteiger partial charge in [-0.1, -0.05) is 194 Å². The molecule has 73 heavy (non-hydrogen) atoms. The van der Waals surface area contributed by atoms with Crippen molar-refractivity contribution < 1.29 is 0 Å². The Morgan fingerprint density at radius 1 is 0.329 bits per heavy atom. The summed E-state index contributed by atoms with van der Waals surface area (Å²) in [5.41, 5.74) is 19.8. The largest absolute Gasteiger partial charge is 0.256 e. The van der Waals surface area contributed by atoms with Crippen LogP contribution in [0.4, 0.5) is 0 Å². The highest BCUT2D eigenvalue weighted by atomic mass is 15.0. The van der Waals surface area contributed by atoms with Crippen LogP contribution in [0.3, 0.4) is 0 Å². The fourth-order valence-electron chi connectivity index (χ4n) is 15.7. The molecular weight excluding hydrogens is 885 g/mol. The van der Waals surface area contributed by atoms with Crippen LogP contribution < -0.4 is 0 Å². The molecule has 0 atom stereocenters. The Labute approximate surface area is 425 Å². The minimum atomic E-state index is -0.413. The summed E-state index contributed by atoms with van der Waals surface area (Å²) in [7, 11) is 0. The average molecular weight is 935 g/mol. The molecule has 4 nitrogen and oxygen atoms in total. The van der Waals surface area contributed by atoms with Crippen molar-refractivity contribution in [2.45, 2.75) is 42.9 Å². The number of hydrogen-bond acceptors (Lipinski definition) is 4. The van der Waals surface area contributed by atoms with Crippen LogP contribution in [-0.2, 0) is 10.8 Å². The van der Waals surface area contributed by atoms with E-state index in [0.29, 0.717) is 29.3 Å². The van der Waals surface area contributed by atoms with Crippen molar-refractivity contribution in [3.63, 3.8) is 0 Å². The third kappa shape index (κ3) is 5.78. The van der Waals surface area contributed by atoms with Crippen molar-refractivity contribution in [1.82, 2.24) is 19.9 Å². The fraction of sp³-hybridized carbons (Fsp3) is 0.159. The molecule has 6 aliphatic rings. The lowest BCUT2D eigenvalue weighted by atomic mass is 9.38. The Bertz CT molecular complexity index is 3980. The van der Waals surface area contributed by atoms with Gasteiger partial charge in [0, 0.05) is 39.3 Å². The first-order chi connectivity index (χ1) is 36.1. The third-order valence-electron chi connectivity index (χ3n) is 18.3. The highest BCUT2D eigenvalue weighted by Crippen LogP contribution is 2.71. The number of aromatic nitrogens is 4. The highest BCUT2D eigenvalue weighted by molar-refractivity contribution is 6.04. The highest BCUT2D eigenvalue weighted by Gasteiger charge is 2.64. The normalized spacial score (nSPS) is 21.3. The van der Waals surface area contributed by atoms with E-state index in [1.54, 1.807) is 11.1 Å². The van der Waals surface area contributed by atoms with E-state index in [1.807, 2.05) is 30.5 Å². The van der Waals surface area contributed by atoms with Gasteiger partial charge >= 0.3 is 0 Å². The predicted molar refractivity (Wildman–Crippen MR) is 295 cm³/mol. The SMILES string of the molecule is c1ccc(-c2nc(-c3ccc(-c4cccc5cccnc45)cc3)nc(-c3ccc(-c4ccc5c(c4)C4(c6ccccc6C56c5ccccc5-c5ccccc56)C5CC6CC(C5)CC4C6)c4ccccc34)n2)cc1. The maximum Gasteiger partial charge on any atom is 0.164 e. The minimum Gasteiger partial charge on any atom is -0.256 e. The lowest BCUT2D eigenvalue weighted by molar-refractivity contribution is -0.0440. The monoisotopic (exact) mass is 934 g/mol. The Morgan fingerprint density at radius 2 is 0.849 bits per heavy atom. The molecule has 2 aromatic heterocycles. The van der Waals surface area contributed by atoms with Crippen LogP contribution in [0.2, 0.25) is 0 Å². The van der Waals surface area contributed by atoms with Crippen LogP contribution in [0.15, 0.2) is 219 Å². The second-order valence-electron chi connectivity index (χ2n) is 21.7. The molecular formula is C69H50N4. The van der Waals surface area contributed by atoms with Gasteiger partial charge in [0.2, 0.25) is 0 Å². The van der Waals surface area contributed by atoms with Crippen molar-refractivity contribution in [2.75, 3.05) is 0 Å². The molecule has 0 unspecified atom stereocenters. The number of benzene rings is 9. The number of rotatable bonds is 5. The van der Waals surface area contributed by atoms with Crippen LogP contribution in [0, 0.1) is 23.7 Å². The van der Waals surface area contributed by atoms with Gasteiger partial charge in [0.25, 0.3) is 0 Å². The maximum absolute atomic E-state index is 5.33. The average Bonchev–Trinajstić information content (AvgIpc) is 3.75. The Kier molecular flexibility index (Phi) is 8.81. The van der Waals surface area contributed by atoms with E-state index in [2.05, 4.69) is 188 Å². The molecule has 17 rings (SSSR count). The Hall–Kier alpha value is -8.34. The zero-order valence-electron chi connectivity index (χ0n) is 40.4. The van der Waals surface area contributed by atoms with Crippen molar-refractivity contribution in [2.24, 2.45) is 23.7 Å². The van der Waals surface area contributed by atoms with E-state index in [4.69, 9.17) is 19.9 Å². The maximum atomic E-state index is 5.33. The number of nitrogens with zero attached hydrogens (tertiary/aromatic N) is 4. The second-order valence-corrected chi connectivity index (χ2v) is 21.7. The summed E-state index contributed by atoms with van der Waals surface area (Å²) in [6, 6.07) is 78.8. The summed E-state index contributed by atoms with van der Waals surface area (Å²) in [4.78, 5) is 20.5. The Morgan fingerprint density at radius 3 is 1.56 bits per heavy atom. The molecule has 4 saturated carbocycles. The minimum absolute atomic E-state index is 0.0536. The summed E-state index contributed by atoms with van der Waals surface area (Å²) in [6.07, 6.45) is 8.59.